The minimum atomic E-state index is -0.242. The molecular weight excluding hydrogens is 174 g/mol. The second-order valence-corrected chi connectivity index (χ2v) is 3.56. The second kappa shape index (κ2) is 4.35. The van der Waals surface area contributed by atoms with Gasteiger partial charge in [-0.15, -0.1) is 0 Å². The summed E-state index contributed by atoms with van der Waals surface area (Å²) in [6, 6.07) is -0.242. The number of carbonyl (C=O) groups is 1. The third kappa shape index (κ3) is 2.41. The minimum absolute atomic E-state index is 0.242. The molecule has 1 aliphatic heterocycles. The maximum Gasteiger partial charge on any atom is 0.343 e. The number of amidine groups is 1. The van der Waals surface area contributed by atoms with Crippen LogP contribution in [0.5, 0.6) is 0 Å². The number of urea groups is 1. The summed E-state index contributed by atoms with van der Waals surface area (Å²) in [5, 5.41) is 3.45. The van der Waals surface area contributed by atoms with Crippen LogP contribution in [0.25, 0.3) is 0 Å². The van der Waals surface area contributed by atoms with Gasteiger partial charge in [0.2, 0.25) is 0 Å². The molecule has 1 N–H and O–H groups in total. The molecule has 0 aliphatic carbocycles. The number of aliphatic imine (C=N–C) groups is 1. The molecule has 1 saturated heterocycles. The maximum absolute atomic E-state index is 11.0. The van der Waals surface area contributed by atoms with E-state index in [0.29, 0.717) is 6.54 Å². The number of hydrogen-bond donors (Lipinski definition) is 1. The van der Waals surface area contributed by atoms with Gasteiger partial charge in [0.05, 0.1) is 0 Å². The number of nitrogens with zero attached hydrogens (tertiary/aromatic N) is 2. The number of thioether (sulfide) groups is 1. The summed E-state index contributed by atoms with van der Waals surface area (Å²) in [6.45, 7) is 3.48. The largest absolute Gasteiger partial charge is 0.353 e. The van der Waals surface area contributed by atoms with Crippen LogP contribution in [0.3, 0.4) is 0 Å². The molecule has 12 heavy (non-hydrogen) atoms. The van der Waals surface area contributed by atoms with Gasteiger partial charge in [0.25, 0.3) is 0 Å². The van der Waals surface area contributed by atoms with Crippen LogP contribution in [-0.4, -0.2) is 42.0 Å². The molecule has 0 unspecified atom stereocenters. The summed E-state index contributed by atoms with van der Waals surface area (Å²) >= 11 is 1.62. The van der Waals surface area contributed by atoms with E-state index in [2.05, 4.69) is 10.3 Å². The van der Waals surface area contributed by atoms with Crippen molar-refractivity contribution in [1.29, 1.82) is 0 Å². The Morgan fingerprint density at radius 3 is 3.08 bits per heavy atom. The van der Waals surface area contributed by atoms with Gasteiger partial charge in [-0.3, -0.25) is 0 Å². The van der Waals surface area contributed by atoms with Gasteiger partial charge in [0, 0.05) is 25.9 Å². The molecule has 4 nitrogen and oxygen atoms in total. The number of rotatable bonds is 1. The predicted molar refractivity (Wildman–Crippen MR) is 51.6 cm³/mol. The molecule has 0 radical (unpaired) electrons. The van der Waals surface area contributed by atoms with Gasteiger partial charge in [-0.05, 0) is 6.92 Å². The summed E-state index contributed by atoms with van der Waals surface area (Å²) in [5.74, 6) is 1.02. The Morgan fingerprint density at radius 2 is 2.58 bits per heavy atom. The summed E-state index contributed by atoms with van der Waals surface area (Å²) in [4.78, 5) is 16.9. The fourth-order valence-electron chi connectivity index (χ4n) is 0.875. The Balaban J connectivity index is 2.49. The van der Waals surface area contributed by atoms with E-state index in [1.165, 1.54) is 0 Å². The van der Waals surface area contributed by atoms with Crippen LogP contribution in [0.1, 0.15) is 6.92 Å². The average Bonchev–Trinajstić information content (AvgIpc) is 2.37. The first kappa shape index (κ1) is 9.38. The lowest BCUT2D eigenvalue weighted by molar-refractivity contribution is 0.249. The summed E-state index contributed by atoms with van der Waals surface area (Å²) in [5.41, 5.74) is 0. The maximum atomic E-state index is 11.0. The third-order valence-corrected chi connectivity index (χ3v) is 2.56. The van der Waals surface area contributed by atoms with Gasteiger partial charge in [0.1, 0.15) is 0 Å². The Bertz CT molecular complexity index is 205. The molecule has 1 fully saturated rings. The summed E-state index contributed by atoms with van der Waals surface area (Å²) in [6.07, 6.45) is 0. The van der Waals surface area contributed by atoms with Gasteiger partial charge in [-0.2, -0.15) is 4.99 Å². The molecule has 1 aliphatic rings. The minimum Gasteiger partial charge on any atom is -0.353 e. The molecule has 0 aromatic rings. The van der Waals surface area contributed by atoms with Crippen molar-refractivity contribution in [3.63, 3.8) is 0 Å². The van der Waals surface area contributed by atoms with E-state index in [0.717, 1.165) is 17.5 Å². The van der Waals surface area contributed by atoms with Crippen LogP contribution < -0.4 is 5.32 Å². The van der Waals surface area contributed by atoms with Crippen molar-refractivity contribution in [2.45, 2.75) is 6.92 Å². The lowest BCUT2D eigenvalue weighted by Crippen LogP contribution is -2.24. The monoisotopic (exact) mass is 187 g/mol. The van der Waals surface area contributed by atoms with E-state index < -0.39 is 0 Å². The lowest BCUT2D eigenvalue weighted by atomic mass is 10.7. The number of hydrogen-bond acceptors (Lipinski definition) is 2. The Kier molecular flexibility index (Phi) is 3.40. The first-order valence-corrected chi connectivity index (χ1v) is 4.93. The van der Waals surface area contributed by atoms with Gasteiger partial charge in [0.15, 0.2) is 5.17 Å². The van der Waals surface area contributed by atoms with E-state index in [4.69, 9.17) is 0 Å². The molecule has 0 saturated carbocycles. The zero-order valence-corrected chi connectivity index (χ0v) is 8.15. The molecule has 0 atom stereocenters. The van der Waals surface area contributed by atoms with Crippen LogP contribution in [-0.2, 0) is 0 Å². The molecule has 0 aromatic heterocycles. The molecule has 0 spiro atoms. The molecule has 5 heteroatoms. The molecule has 68 valence electrons. The number of nitrogens with one attached hydrogen (secondary N) is 1. The highest BCUT2D eigenvalue weighted by Gasteiger charge is 2.15. The fraction of sp³-hybridized carbons (Fsp3) is 0.714. The zero-order valence-electron chi connectivity index (χ0n) is 7.33. The molecule has 0 aromatic carbocycles. The zero-order chi connectivity index (χ0) is 8.97. The van der Waals surface area contributed by atoms with E-state index in [1.807, 2.05) is 18.9 Å². The quantitative estimate of drug-likeness (QED) is 0.659. The fourth-order valence-corrected chi connectivity index (χ4v) is 1.88. The van der Waals surface area contributed by atoms with E-state index >= 15 is 0 Å². The van der Waals surface area contributed by atoms with Crippen molar-refractivity contribution in [3.05, 3.63) is 0 Å². The van der Waals surface area contributed by atoms with Gasteiger partial charge in [-0.1, -0.05) is 11.8 Å². The molecule has 1 heterocycles. The Hall–Kier alpha value is -0.710. The van der Waals surface area contributed by atoms with Crippen molar-refractivity contribution < 1.29 is 4.79 Å². The second-order valence-electron chi connectivity index (χ2n) is 2.50. The molecular formula is C7H13N3OS. The van der Waals surface area contributed by atoms with E-state index in [-0.39, 0.29) is 6.03 Å². The van der Waals surface area contributed by atoms with Crippen LogP contribution in [0.2, 0.25) is 0 Å². The highest BCUT2D eigenvalue weighted by Crippen LogP contribution is 2.15. The van der Waals surface area contributed by atoms with E-state index in [1.54, 1.807) is 11.8 Å². The van der Waals surface area contributed by atoms with Crippen molar-refractivity contribution in [3.8, 4) is 0 Å². The highest BCUT2D eigenvalue weighted by molar-refractivity contribution is 8.14. The average molecular weight is 187 g/mol. The number of carbonyl (C=O) groups excluding carboxylic acids is 1. The van der Waals surface area contributed by atoms with Crippen LogP contribution in [0, 0.1) is 0 Å². The van der Waals surface area contributed by atoms with Crippen molar-refractivity contribution >= 4 is 23.0 Å². The van der Waals surface area contributed by atoms with Crippen LogP contribution in [0.15, 0.2) is 4.99 Å². The van der Waals surface area contributed by atoms with Gasteiger partial charge < -0.3 is 10.2 Å². The Morgan fingerprint density at radius 1 is 1.83 bits per heavy atom. The van der Waals surface area contributed by atoms with Crippen LogP contribution >= 0.6 is 11.8 Å². The first-order valence-electron chi connectivity index (χ1n) is 3.94. The normalized spacial score (nSPS) is 20.2. The standard InChI is InChI=1S/C7H13N3OS/c1-3-8-6(11)9-7-10(2)4-5-12-7/h3-5H2,1-2H3,(H,8,11)/b9-7-. The number of amides is 2. The van der Waals surface area contributed by atoms with Crippen molar-refractivity contribution in [2.75, 3.05) is 25.9 Å². The smallest absolute Gasteiger partial charge is 0.343 e. The SMILES string of the molecule is CCNC(=O)/N=C1\SCCN1C. The third-order valence-electron chi connectivity index (χ3n) is 1.51. The lowest BCUT2D eigenvalue weighted by Gasteiger charge is -2.08. The van der Waals surface area contributed by atoms with Gasteiger partial charge in [-0.25, -0.2) is 4.79 Å². The summed E-state index contributed by atoms with van der Waals surface area (Å²) < 4.78 is 0. The van der Waals surface area contributed by atoms with Crippen molar-refractivity contribution in [2.24, 2.45) is 4.99 Å². The topological polar surface area (TPSA) is 44.7 Å². The van der Waals surface area contributed by atoms with Crippen molar-refractivity contribution in [1.82, 2.24) is 10.2 Å². The van der Waals surface area contributed by atoms with E-state index in [9.17, 15) is 4.79 Å². The Labute approximate surface area is 76.4 Å². The van der Waals surface area contributed by atoms with Crippen LogP contribution in [0.4, 0.5) is 4.79 Å². The summed E-state index contributed by atoms with van der Waals surface area (Å²) in [7, 11) is 1.94. The first-order chi connectivity index (χ1) is 5.74. The molecule has 2 amide bonds. The molecule has 1 rings (SSSR count). The molecule has 0 bridgehead atoms. The highest BCUT2D eigenvalue weighted by atomic mass is 32.2. The van der Waals surface area contributed by atoms with Gasteiger partial charge >= 0.3 is 6.03 Å². The predicted octanol–water partition coefficient (Wildman–Crippen LogP) is 0.751.